The average molecular weight is 268 g/mol. The third kappa shape index (κ3) is 2.31. The molecule has 0 radical (unpaired) electrons. The number of hydrogen-bond donors (Lipinski definition) is 1. The predicted molar refractivity (Wildman–Crippen MR) is 83.5 cm³/mol. The SMILES string of the molecule is CCOc1ccccc1N1Cc2ccc(NC)cc2C1. The summed E-state index contributed by atoms with van der Waals surface area (Å²) in [5, 5.41) is 3.20. The standard InChI is InChI=1S/C17H20N2O/c1-3-20-17-7-5-4-6-16(17)19-11-13-8-9-15(18-2)10-14(13)12-19/h4-10,18H,3,11-12H2,1-2H3. The number of anilines is 2. The van der Waals surface area contributed by atoms with Crippen molar-refractivity contribution < 1.29 is 4.74 Å². The molecule has 1 heterocycles. The van der Waals surface area contributed by atoms with Gasteiger partial charge in [-0.15, -0.1) is 0 Å². The maximum absolute atomic E-state index is 5.74. The van der Waals surface area contributed by atoms with Crippen LogP contribution in [0.15, 0.2) is 42.5 Å². The van der Waals surface area contributed by atoms with Crippen LogP contribution in [0.2, 0.25) is 0 Å². The zero-order chi connectivity index (χ0) is 13.9. The fraction of sp³-hybridized carbons (Fsp3) is 0.294. The third-order valence-electron chi connectivity index (χ3n) is 3.72. The van der Waals surface area contributed by atoms with Crippen LogP contribution in [0, 0.1) is 0 Å². The molecule has 2 aromatic rings. The number of benzene rings is 2. The van der Waals surface area contributed by atoms with Gasteiger partial charge in [-0.3, -0.25) is 0 Å². The molecule has 3 nitrogen and oxygen atoms in total. The highest BCUT2D eigenvalue weighted by Crippen LogP contribution is 2.35. The molecule has 0 unspecified atom stereocenters. The lowest BCUT2D eigenvalue weighted by Gasteiger charge is -2.21. The molecule has 0 amide bonds. The summed E-state index contributed by atoms with van der Waals surface area (Å²) in [6.07, 6.45) is 0. The highest BCUT2D eigenvalue weighted by atomic mass is 16.5. The van der Waals surface area contributed by atoms with Crippen LogP contribution in [0.1, 0.15) is 18.1 Å². The number of hydrogen-bond acceptors (Lipinski definition) is 3. The van der Waals surface area contributed by atoms with E-state index in [1.165, 1.54) is 22.5 Å². The molecule has 0 bridgehead atoms. The van der Waals surface area contributed by atoms with E-state index in [1.54, 1.807) is 0 Å². The van der Waals surface area contributed by atoms with E-state index in [0.717, 1.165) is 18.8 Å². The Kier molecular flexibility index (Phi) is 3.50. The molecule has 20 heavy (non-hydrogen) atoms. The van der Waals surface area contributed by atoms with Gasteiger partial charge in [-0.05, 0) is 42.3 Å². The maximum Gasteiger partial charge on any atom is 0.142 e. The second-order valence-electron chi connectivity index (χ2n) is 4.99. The van der Waals surface area contributed by atoms with Gasteiger partial charge in [0.1, 0.15) is 5.75 Å². The lowest BCUT2D eigenvalue weighted by molar-refractivity contribution is 0.340. The summed E-state index contributed by atoms with van der Waals surface area (Å²) in [6.45, 7) is 4.61. The average Bonchev–Trinajstić information content (AvgIpc) is 2.90. The molecular weight excluding hydrogens is 248 g/mol. The minimum atomic E-state index is 0.696. The summed E-state index contributed by atoms with van der Waals surface area (Å²) in [5.74, 6) is 0.969. The molecule has 1 aliphatic rings. The van der Waals surface area contributed by atoms with Gasteiger partial charge >= 0.3 is 0 Å². The Bertz CT molecular complexity index is 610. The van der Waals surface area contributed by atoms with Crippen LogP contribution in [0.4, 0.5) is 11.4 Å². The number of nitrogens with one attached hydrogen (secondary N) is 1. The Morgan fingerprint density at radius 3 is 2.70 bits per heavy atom. The molecule has 0 atom stereocenters. The van der Waals surface area contributed by atoms with Crippen molar-refractivity contribution >= 4 is 11.4 Å². The normalized spacial score (nSPS) is 13.2. The van der Waals surface area contributed by atoms with E-state index in [2.05, 4.69) is 40.5 Å². The van der Waals surface area contributed by atoms with Gasteiger partial charge in [0, 0.05) is 25.8 Å². The number of rotatable bonds is 4. The molecule has 104 valence electrons. The van der Waals surface area contributed by atoms with Gasteiger partial charge in [0.15, 0.2) is 0 Å². The van der Waals surface area contributed by atoms with Gasteiger partial charge < -0.3 is 15.0 Å². The van der Waals surface area contributed by atoms with E-state index in [-0.39, 0.29) is 0 Å². The highest BCUT2D eigenvalue weighted by Gasteiger charge is 2.21. The fourth-order valence-corrected chi connectivity index (χ4v) is 2.72. The fourth-order valence-electron chi connectivity index (χ4n) is 2.72. The van der Waals surface area contributed by atoms with Gasteiger partial charge in [-0.2, -0.15) is 0 Å². The largest absolute Gasteiger partial charge is 0.492 e. The van der Waals surface area contributed by atoms with E-state index in [1.807, 2.05) is 26.1 Å². The molecule has 2 aromatic carbocycles. The third-order valence-corrected chi connectivity index (χ3v) is 3.72. The van der Waals surface area contributed by atoms with Crippen LogP contribution in [-0.2, 0) is 13.1 Å². The van der Waals surface area contributed by atoms with E-state index in [9.17, 15) is 0 Å². The number of para-hydroxylation sites is 2. The van der Waals surface area contributed by atoms with Crippen LogP contribution in [0.3, 0.4) is 0 Å². The van der Waals surface area contributed by atoms with Gasteiger partial charge in [0.05, 0.1) is 12.3 Å². The lowest BCUT2D eigenvalue weighted by atomic mass is 10.1. The molecule has 0 saturated carbocycles. The molecule has 1 aliphatic heterocycles. The Balaban J connectivity index is 1.88. The van der Waals surface area contributed by atoms with Gasteiger partial charge in [-0.1, -0.05) is 18.2 Å². The molecule has 3 heteroatoms. The second-order valence-corrected chi connectivity index (χ2v) is 4.99. The predicted octanol–water partition coefficient (Wildman–Crippen LogP) is 3.65. The van der Waals surface area contributed by atoms with Crippen molar-refractivity contribution in [3.05, 3.63) is 53.6 Å². The highest BCUT2D eigenvalue weighted by molar-refractivity contribution is 5.62. The first-order valence-corrected chi connectivity index (χ1v) is 7.08. The van der Waals surface area contributed by atoms with E-state index in [0.29, 0.717) is 6.61 Å². The quantitative estimate of drug-likeness (QED) is 0.916. The summed E-state index contributed by atoms with van der Waals surface area (Å²) < 4.78 is 5.74. The minimum Gasteiger partial charge on any atom is -0.492 e. The van der Waals surface area contributed by atoms with Crippen LogP contribution in [-0.4, -0.2) is 13.7 Å². The Morgan fingerprint density at radius 2 is 1.90 bits per heavy atom. The van der Waals surface area contributed by atoms with Crippen molar-refractivity contribution in [2.45, 2.75) is 20.0 Å². The summed E-state index contributed by atoms with van der Waals surface area (Å²) in [5.41, 5.74) is 5.14. The number of nitrogens with zero attached hydrogens (tertiary/aromatic N) is 1. The van der Waals surface area contributed by atoms with Crippen molar-refractivity contribution in [1.29, 1.82) is 0 Å². The van der Waals surface area contributed by atoms with Crippen LogP contribution >= 0.6 is 0 Å². The van der Waals surface area contributed by atoms with E-state index in [4.69, 9.17) is 4.74 Å². The minimum absolute atomic E-state index is 0.696. The van der Waals surface area contributed by atoms with Crippen LogP contribution in [0.5, 0.6) is 5.75 Å². The molecular formula is C17H20N2O. The summed E-state index contributed by atoms with van der Waals surface area (Å²) in [6, 6.07) is 14.9. The van der Waals surface area contributed by atoms with Crippen molar-refractivity contribution in [3.8, 4) is 5.75 Å². The van der Waals surface area contributed by atoms with E-state index >= 15 is 0 Å². The summed E-state index contributed by atoms with van der Waals surface area (Å²) >= 11 is 0. The molecule has 1 N–H and O–H groups in total. The monoisotopic (exact) mass is 268 g/mol. The molecule has 0 saturated heterocycles. The van der Waals surface area contributed by atoms with Crippen molar-refractivity contribution in [3.63, 3.8) is 0 Å². The number of fused-ring (bicyclic) bond motifs is 1. The zero-order valence-electron chi connectivity index (χ0n) is 12.0. The van der Waals surface area contributed by atoms with Gasteiger partial charge in [-0.25, -0.2) is 0 Å². The molecule has 0 fully saturated rings. The Hall–Kier alpha value is -2.16. The van der Waals surface area contributed by atoms with Crippen molar-refractivity contribution in [1.82, 2.24) is 0 Å². The smallest absolute Gasteiger partial charge is 0.142 e. The first-order valence-electron chi connectivity index (χ1n) is 7.08. The summed E-state index contributed by atoms with van der Waals surface area (Å²) in [7, 11) is 1.96. The van der Waals surface area contributed by atoms with Gasteiger partial charge in [0.2, 0.25) is 0 Å². The maximum atomic E-state index is 5.74. The second kappa shape index (κ2) is 5.45. The Morgan fingerprint density at radius 1 is 1.10 bits per heavy atom. The van der Waals surface area contributed by atoms with Crippen molar-refractivity contribution in [2.75, 3.05) is 23.9 Å². The van der Waals surface area contributed by atoms with Crippen LogP contribution in [0.25, 0.3) is 0 Å². The lowest BCUT2D eigenvalue weighted by Crippen LogP contribution is -2.15. The Labute approximate surface area is 120 Å². The number of ether oxygens (including phenoxy) is 1. The first-order chi connectivity index (χ1) is 9.81. The topological polar surface area (TPSA) is 24.5 Å². The summed E-state index contributed by atoms with van der Waals surface area (Å²) in [4.78, 5) is 2.37. The van der Waals surface area contributed by atoms with Gasteiger partial charge in [0.25, 0.3) is 0 Å². The molecule has 0 aliphatic carbocycles. The first kappa shape index (κ1) is 12.9. The molecule has 0 aromatic heterocycles. The molecule has 3 rings (SSSR count). The van der Waals surface area contributed by atoms with Crippen LogP contribution < -0.4 is 15.0 Å². The zero-order valence-corrected chi connectivity index (χ0v) is 12.0. The van der Waals surface area contributed by atoms with E-state index < -0.39 is 0 Å². The van der Waals surface area contributed by atoms with Crippen molar-refractivity contribution in [2.24, 2.45) is 0 Å². The molecule has 0 spiro atoms.